The highest BCUT2D eigenvalue weighted by Crippen LogP contribution is 2.22. The molecule has 0 saturated carbocycles. The van der Waals surface area contributed by atoms with Crippen molar-refractivity contribution in [3.05, 3.63) is 63.9 Å². The van der Waals surface area contributed by atoms with E-state index in [0.717, 1.165) is 11.1 Å². The summed E-state index contributed by atoms with van der Waals surface area (Å²) in [5, 5.41) is 0. The first-order chi connectivity index (χ1) is 9.56. The van der Waals surface area contributed by atoms with Crippen LogP contribution in [-0.4, -0.2) is 5.78 Å². The zero-order valence-electron chi connectivity index (χ0n) is 11.0. The molecule has 4 heteroatoms. The second-order valence-electron chi connectivity index (χ2n) is 4.52. The lowest BCUT2D eigenvalue weighted by molar-refractivity contribution is -0.116. The summed E-state index contributed by atoms with van der Waals surface area (Å²) in [5.41, 5.74) is 1.70. The smallest absolute Gasteiger partial charge is 0.137 e. The topological polar surface area (TPSA) is 26.3 Å². The molecule has 0 N–H and O–H groups in total. The fourth-order valence-electron chi connectivity index (χ4n) is 1.81. The molecule has 0 aliphatic carbocycles. The minimum absolute atomic E-state index is 0.127. The highest BCUT2D eigenvalue weighted by Gasteiger charge is 2.06. The molecule has 0 aliphatic heterocycles. The van der Waals surface area contributed by atoms with Gasteiger partial charge in [-0.2, -0.15) is 0 Å². The summed E-state index contributed by atoms with van der Waals surface area (Å²) in [7, 11) is 0. The summed E-state index contributed by atoms with van der Waals surface area (Å²) < 4.78 is 19.4. The number of halogens is 2. The van der Waals surface area contributed by atoms with E-state index >= 15 is 0 Å². The van der Waals surface area contributed by atoms with Crippen molar-refractivity contribution in [1.29, 1.82) is 0 Å². The van der Waals surface area contributed by atoms with Crippen molar-refractivity contribution >= 4 is 21.7 Å². The minimum atomic E-state index is -0.303. The molecule has 104 valence electrons. The lowest BCUT2D eigenvalue weighted by Gasteiger charge is -2.09. The summed E-state index contributed by atoms with van der Waals surface area (Å²) in [6.07, 6.45) is 0.426. The van der Waals surface area contributed by atoms with Crippen molar-refractivity contribution in [3.63, 3.8) is 0 Å². The monoisotopic (exact) mass is 336 g/mol. The Morgan fingerprint density at radius 3 is 2.55 bits per heavy atom. The molecule has 2 aromatic carbocycles. The van der Waals surface area contributed by atoms with Crippen molar-refractivity contribution in [3.8, 4) is 5.75 Å². The van der Waals surface area contributed by atoms with Gasteiger partial charge in [0.2, 0.25) is 0 Å². The Morgan fingerprint density at radius 2 is 1.90 bits per heavy atom. The largest absolute Gasteiger partial charge is 0.489 e. The molecule has 0 spiro atoms. The fourth-order valence-corrected chi connectivity index (χ4v) is 2.19. The summed E-state index contributed by atoms with van der Waals surface area (Å²) >= 11 is 3.20. The van der Waals surface area contributed by atoms with Gasteiger partial charge >= 0.3 is 0 Å². The van der Waals surface area contributed by atoms with Gasteiger partial charge in [-0.05, 0) is 46.6 Å². The third-order valence-electron chi connectivity index (χ3n) is 2.80. The van der Waals surface area contributed by atoms with Crippen LogP contribution < -0.4 is 4.74 Å². The quantitative estimate of drug-likeness (QED) is 0.813. The molecule has 2 aromatic rings. The van der Waals surface area contributed by atoms with E-state index in [1.165, 1.54) is 6.07 Å². The van der Waals surface area contributed by atoms with E-state index < -0.39 is 0 Å². The molecule has 0 aromatic heterocycles. The maximum Gasteiger partial charge on any atom is 0.137 e. The summed E-state index contributed by atoms with van der Waals surface area (Å²) in [5.74, 6) is 0.513. The molecular formula is C16H14BrFO2. The minimum Gasteiger partial charge on any atom is -0.489 e. The van der Waals surface area contributed by atoms with Crippen molar-refractivity contribution in [1.82, 2.24) is 0 Å². The molecule has 20 heavy (non-hydrogen) atoms. The van der Waals surface area contributed by atoms with Crippen LogP contribution in [-0.2, 0) is 17.8 Å². The second-order valence-corrected chi connectivity index (χ2v) is 5.32. The predicted molar refractivity (Wildman–Crippen MR) is 79.3 cm³/mol. The molecule has 0 saturated heterocycles. The normalized spacial score (nSPS) is 10.3. The van der Waals surface area contributed by atoms with Gasteiger partial charge in [-0.1, -0.05) is 24.3 Å². The number of ether oxygens (including phenoxy) is 1. The number of carbonyl (C=O) groups excluding carboxylic acids is 1. The first-order valence-electron chi connectivity index (χ1n) is 6.20. The predicted octanol–water partition coefficient (Wildman–Crippen LogP) is 4.30. The molecule has 0 fully saturated rings. The fraction of sp³-hybridized carbons (Fsp3) is 0.188. The molecule has 0 atom stereocenters. The van der Waals surface area contributed by atoms with Crippen LogP contribution in [0.3, 0.4) is 0 Å². The first kappa shape index (κ1) is 14.7. The number of hydrogen-bond acceptors (Lipinski definition) is 2. The number of ketones is 1. The zero-order chi connectivity index (χ0) is 14.5. The Kier molecular flexibility index (Phi) is 4.90. The van der Waals surface area contributed by atoms with E-state index in [1.54, 1.807) is 19.1 Å². The molecule has 0 bridgehead atoms. The van der Waals surface area contributed by atoms with Crippen LogP contribution in [0.1, 0.15) is 18.1 Å². The first-order valence-corrected chi connectivity index (χ1v) is 6.99. The molecule has 0 heterocycles. The van der Waals surface area contributed by atoms with Gasteiger partial charge in [-0.3, -0.25) is 4.79 Å². The van der Waals surface area contributed by atoms with Crippen LogP contribution in [0.15, 0.2) is 46.9 Å². The number of carbonyl (C=O) groups is 1. The Morgan fingerprint density at radius 1 is 1.20 bits per heavy atom. The second kappa shape index (κ2) is 6.66. The van der Waals surface area contributed by atoms with E-state index in [1.807, 2.05) is 24.3 Å². The van der Waals surface area contributed by atoms with E-state index in [-0.39, 0.29) is 18.2 Å². The molecule has 2 nitrogen and oxygen atoms in total. The Hall–Kier alpha value is -1.68. The highest BCUT2D eigenvalue weighted by atomic mass is 79.9. The summed E-state index contributed by atoms with van der Waals surface area (Å²) in [6.45, 7) is 1.84. The summed E-state index contributed by atoms with van der Waals surface area (Å²) in [4.78, 5) is 11.0. The molecular weight excluding hydrogens is 323 g/mol. The lowest BCUT2D eigenvalue weighted by atomic mass is 10.1. The number of Topliss-reactive ketones (excluding diaryl/α,β-unsaturated/α-hetero) is 1. The maximum absolute atomic E-state index is 13.3. The van der Waals surface area contributed by atoms with Crippen LogP contribution in [0.2, 0.25) is 0 Å². The average Bonchev–Trinajstić information content (AvgIpc) is 2.41. The van der Waals surface area contributed by atoms with Gasteiger partial charge in [0.15, 0.2) is 0 Å². The molecule has 0 radical (unpaired) electrons. The molecule has 0 amide bonds. The van der Waals surface area contributed by atoms with E-state index in [2.05, 4.69) is 15.9 Å². The van der Waals surface area contributed by atoms with Crippen LogP contribution in [0.5, 0.6) is 5.75 Å². The standard InChI is InChI=1S/C16H14BrFO2/c1-11(19)9-12-5-7-14(8-6-12)20-10-13-3-2-4-15(18)16(13)17/h2-8H,9-10H2,1H3. The maximum atomic E-state index is 13.3. The van der Waals surface area contributed by atoms with Gasteiger partial charge in [0.25, 0.3) is 0 Å². The van der Waals surface area contributed by atoms with Gasteiger partial charge < -0.3 is 4.74 Å². The third kappa shape index (κ3) is 3.90. The Balaban J connectivity index is 2.00. The van der Waals surface area contributed by atoms with E-state index in [4.69, 9.17) is 4.74 Å². The van der Waals surface area contributed by atoms with Crippen molar-refractivity contribution in [2.45, 2.75) is 20.0 Å². The van der Waals surface area contributed by atoms with Crippen molar-refractivity contribution < 1.29 is 13.9 Å². The van der Waals surface area contributed by atoms with Crippen molar-refractivity contribution in [2.24, 2.45) is 0 Å². The molecule has 0 unspecified atom stereocenters. The van der Waals surface area contributed by atoms with Crippen LogP contribution in [0.25, 0.3) is 0 Å². The van der Waals surface area contributed by atoms with Gasteiger partial charge in [-0.25, -0.2) is 4.39 Å². The number of hydrogen-bond donors (Lipinski definition) is 0. The third-order valence-corrected chi connectivity index (χ3v) is 3.69. The zero-order valence-corrected chi connectivity index (χ0v) is 12.6. The van der Waals surface area contributed by atoms with Gasteiger partial charge in [-0.15, -0.1) is 0 Å². The molecule has 2 rings (SSSR count). The Bertz CT molecular complexity index is 608. The van der Waals surface area contributed by atoms with Gasteiger partial charge in [0, 0.05) is 12.0 Å². The van der Waals surface area contributed by atoms with Crippen molar-refractivity contribution in [2.75, 3.05) is 0 Å². The van der Waals surface area contributed by atoms with Crippen LogP contribution >= 0.6 is 15.9 Å². The Labute approximate surface area is 125 Å². The lowest BCUT2D eigenvalue weighted by Crippen LogP contribution is -1.99. The SMILES string of the molecule is CC(=O)Cc1ccc(OCc2cccc(F)c2Br)cc1. The summed E-state index contributed by atoms with van der Waals surface area (Å²) in [6, 6.07) is 12.2. The van der Waals surface area contributed by atoms with E-state index in [9.17, 15) is 9.18 Å². The van der Waals surface area contributed by atoms with E-state index in [0.29, 0.717) is 16.6 Å². The van der Waals surface area contributed by atoms with Gasteiger partial charge in [0.1, 0.15) is 24.0 Å². The number of benzene rings is 2. The van der Waals surface area contributed by atoms with Crippen LogP contribution in [0, 0.1) is 5.82 Å². The molecule has 0 aliphatic rings. The highest BCUT2D eigenvalue weighted by molar-refractivity contribution is 9.10. The van der Waals surface area contributed by atoms with Crippen LogP contribution in [0.4, 0.5) is 4.39 Å². The van der Waals surface area contributed by atoms with Gasteiger partial charge in [0.05, 0.1) is 4.47 Å². The average molecular weight is 337 g/mol. The number of rotatable bonds is 5.